The third-order valence-corrected chi connectivity index (χ3v) is 3.71. The number of halogens is 2. The number of ketones is 1. The molecule has 20 heavy (non-hydrogen) atoms. The second kappa shape index (κ2) is 6.31. The highest BCUT2D eigenvalue weighted by Crippen LogP contribution is 2.23. The molecule has 0 radical (unpaired) electrons. The summed E-state index contributed by atoms with van der Waals surface area (Å²) in [4.78, 5) is 12.4. The Balaban J connectivity index is 2.30. The molecule has 0 aromatic heterocycles. The molecule has 0 amide bonds. The lowest BCUT2D eigenvalue weighted by atomic mass is 9.98. The van der Waals surface area contributed by atoms with E-state index in [-0.39, 0.29) is 11.3 Å². The van der Waals surface area contributed by atoms with Gasteiger partial charge in [-0.2, -0.15) is 0 Å². The van der Waals surface area contributed by atoms with Crippen LogP contribution >= 0.6 is 15.9 Å². The van der Waals surface area contributed by atoms with E-state index in [1.165, 1.54) is 11.6 Å². The molecule has 1 nitrogen and oxygen atoms in total. The van der Waals surface area contributed by atoms with Crippen molar-refractivity contribution in [1.82, 2.24) is 0 Å². The lowest BCUT2D eigenvalue weighted by Crippen LogP contribution is -2.05. The van der Waals surface area contributed by atoms with Crippen molar-refractivity contribution >= 4 is 21.7 Å². The molecular weight excluding hydrogens is 319 g/mol. The van der Waals surface area contributed by atoms with Gasteiger partial charge >= 0.3 is 0 Å². The predicted molar refractivity (Wildman–Crippen MR) is 82.5 cm³/mol. The topological polar surface area (TPSA) is 17.1 Å². The molecule has 0 bridgehead atoms. The lowest BCUT2D eigenvalue weighted by molar-refractivity contribution is 0.103. The van der Waals surface area contributed by atoms with Crippen LogP contribution in [0.1, 0.15) is 35.3 Å². The fourth-order valence-corrected chi connectivity index (χ4v) is 2.64. The van der Waals surface area contributed by atoms with Crippen LogP contribution in [-0.4, -0.2) is 5.78 Å². The minimum atomic E-state index is -0.504. The minimum absolute atomic E-state index is 0.0871. The lowest BCUT2D eigenvalue weighted by Gasteiger charge is -2.08. The molecule has 0 spiro atoms. The molecule has 2 aromatic carbocycles. The van der Waals surface area contributed by atoms with Crippen LogP contribution < -0.4 is 0 Å². The van der Waals surface area contributed by atoms with E-state index in [0.29, 0.717) is 16.0 Å². The first kappa shape index (κ1) is 14.9. The van der Waals surface area contributed by atoms with Gasteiger partial charge in [-0.05, 0) is 46.0 Å². The Morgan fingerprint density at radius 1 is 1.15 bits per heavy atom. The normalized spacial score (nSPS) is 10.8. The van der Waals surface area contributed by atoms with Gasteiger partial charge in [-0.1, -0.05) is 44.2 Å². The van der Waals surface area contributed by atoms with Crippen molar-refractivity contribution in [3.8, 4) is 0 Å². The van der Waals surface area contributed by atoms with Crippen LogP contribution in [0.15, 0.2) is 46.9 Å². The van der Waals surface area contributed by atoms with Crippen LogP contribution in [0, 0.1) is 11.7 Å². The van der Waals surface area contributed by atoms with E-state index in [9.17, 15) is 9.18 Å². The highest BCUT2D eigenvalue weighted by Gasteiger charge is 2.17. The van der Waals surface area contributed by atoms with Crippen LogP contribution in [0.3, 0.4) is 0 Å². The Morgan fingerprint density at radius 3 is 2.35 bits per heavy atom. The van der Waals surface area contributed by atoms with Crippen molar-refractivity contribution in [1.29, 1.82) is 0 Å². The molecule has 2 rings (SSSR count). The first-order valence-electron chi connectivity index (χ1n) is 6.56. The van der Waals surface area contributed by atoms with E-state index >= 15 is 0 Å². The summed E-state index contributed by atoms with van der Waals surface area (Å²) in [5.74, 6) is -0.237. The molecule has 0 aliphatic heterocycles. The number of benzene rings is 2. The summed E-state index contributed by atoms with van der Waals surface area (Å²) in [6.07, 6.45) is 0.970. The van der Waals surface area contributed by atoms with Crippen LogP contribution in [0.5, 0.6) is 0 Å². The second-order valence-corrected chi connectivity index (χ2v) is 6.08. The molecule has 0 aliphatic rings. The van der Waals surface area contributed by atoms with Crippen molar-refractivity contribution in [2.75, 3.05) is 0 Å². The fourth-order valence-electron chi connectivity index (χ4n) is 2.12. The van der Waals surface area contributed by atoms with E-state index in [2.05, 4.69) is 29.8 Å². The average molecular weight is 335 g/mol. The second-order valence-electron chi connectivity index (χ2n) is 5.22. The molecule has 0 N–H and O–H groups in total. The number of carbonyl (C=O) groups is 1. The number of rotatable bonds is 4. The first-order chi connectivity index (χ1) is 9.49. The number of carbonyl (C=O) groups excluding carboxylic acids is 1. The average Bonchev–Trinajstić information content (AvgIpc) is 2.38. The smallest absolute Gasteiger partial charge is 0.197 e. The quantitative estimate of drug-likeness (QED) is 0.717. The third-order valence-electron chi connectivity index (χ3n) is 3.05. The van der Waals surface area contributed by atoms with Gasteiger partial charge < -0.3 is 0 Å². The van der Waals surface area contributed by atoms with Gasteiger partial charge in [0.2, 0.25) is 0 Å². The highest BCUT2D eigenvalue weighted by atomic mass is 79.9. The predicted octanol–water partition coefficient (Wildman–Crippen LogP) is 5.02. The Bertz CT molecular complexity index is 597. The zero-order valence-electron chi connectivity index (χ0n) is 11.5. The Hall–Kier alpha value is -1.48. The van der Waals surface area contributed by atoms with E-state index < -0.39 is 5.82 Å². The van der Waals surface area contributed by atoms with Crippen LogP contribution in [0.25, 0.3) is 0 Å². The van der Waals surface area contributed by atoms with Crippen molar-refractivity contribution < 1.29 is 9.18 Å². The zero-order valence-corrected chi connectivity index (χ0v) is 13.1. The Morgan fingerprint density at radius 2 is 1.80 bits per heavy atom. The van der Waals surface area contributed by atoms with Gasteiger partial charge in [0.05, 0.1) is 5.56 Å². The van der Waals surface area contributed by atoms with Gasteiger partial charge in [0, 0.05) is 10.0 Å². The molecular formula is C17H16BrFO. The summed E-state index contributed by atoms with van der Waals surface area (Å²) in [6, 6.07) is 11.9. The van der Waals surface area contributed by atoms with E-state index in [1.807, 2.05) is 12.1 Å². The maximum Gasteiger partial charge on any atom is 0.197 e. The molecule has 3 heteroatoms. The third kappa shape index (κ3) is 3.34. The largest absolute Gasteiger partial charge is 0.288 e. The molecule has 2 aromatic rings. The Labute approximate surface area is 127 Å². The van der Waals surface area contributed by atoms with Gasteiger partial charge in [0.25, 0.3) is 0 Å². The van der Waals surface area contributed by atoms with Gasteiger partial charge in [0.1, 0.15) is 5.82 Å². The maximum absolute atomic E-state index is 13.8. The van der Waals surface area contributed by atoms with Crippen molar-refractivity contribution in [3.05, 3.63) is 69.4 Å². The summed E-state index contributed by atoms with van der Waals surface area (Å²) in [5.41, 5.74) is 1.77. The molecule has 0 saturated carbocycles. The zero-order chi connectivity index (χ0) is 14.7. The SMILES string of the molecule is CC(C)Cc1ccc(C(=O)c2c(F)cccc2Br)cc1. The summed E-state index contributed by atoms with van der Waals surface area (Å²) in [5, 5.41) is 0. The van der Waals surface area contributed by atoms with E-state index in [4.69, 9.17) is 0 Å². The molecule has 0 saturated heterocycles. The van der Waals surface area contributed by atoms with Crippen LogP contribution in [0.2, 0.25) is 0 Å². The van der Waals surface area contributed by atoms with Crippen molar-refractivity contribution in [3.63, 3.8) is 0 Å². The summed E-state index contributed by atoms with van der Waals surface area (Å²) < 4.78 is 14.3. The first-order valence-corrected chi connectivity index (χ1v) is 7.36. The molecule has 0 aliphatic carbocycles. The number of hydrogen-bond acceptors (Lipinski definition) is 1. The Kier molecular flexibility index (Phi) is 4.71. The standard InChI is InChI=1S/C17H16BrFO/c1-11(2)10-12-6-8-13(9-7-12)17(20)16-14(18)4-3-5-15(16)19/h3-9,11H,10H2,1-2H3. The summed E-state index contributed by atoms with van der Waals surface area (Å²) >= 11 is 3.23. The summed E-state index contributed by atoms with van der Waals surface area (Å²) in [7, 11) is 0. The molecule has 0 atom stereocenters. The number of hydrogen-bond donors (Lipinski definition) is 0. The molecule has 0 fully saturated rings. The minimum Gasteiger partial charge on any atom is -0.288 e. The van der Waals surface area contributed by atoms with Crippen LogP contribution in [0.4, 0.5) is 4.39 Å². The van der Waals surface area contributed by atoms with Crippen LogP contribution in [-0.2, 0) is 6.42 Å². The van der Waals surface area contributed by atoms with E-state index in [1.54, 1.807) is 24.3 Å². The fraction of sp³-hybridized carbons (Fsp3) is 0.235. The van der Waals surface area contributed by atoms with Gasteiger partial charge in [-0.3, -0.25) is 4.79 Å². The van der Waals surface area contributed by atoms with Gasteiger partial charge in [-0.15, -0.1) is 0 Å². The monoisotopic (exact) mass is 334 g/mol. The molecule has 0 heterocycles. The van der Waals surface area contributed by atoms with Gasteiger partial charge in [0.15, 0.2) is 5.78 Å². The maximum atomic E-state index is 13.8. The van der Waals surface area contributed by atoms with Crippen molar-refractivity contribution in [2.45, 2.75) is 20.3 Å². The molecule has 0 unspecified atom stereocenters. The highest BCUT2D eigenvalue weighted by molar-refractivity contribution is 9.10. The van der Waals surface area contributed by atoms with Crippen molar-refractivity contribution in [2.24, 2.45) is 5.92 Å². The van der Waals surface area contributed by atoms with E-state index in [0.717, 1.165) is 6.42 Å². The van der Waals surface area contributed by atoms with Gasteiger partial charge in [-0.25, -0.2) is 4.39 Å². The molecule has 104 valence electrons. The summed E-state index contributed by atoms with van der Waals surface area (Å²) in [6.45, 7) is 4.30.